The Morgan fingerprint density at radius 3 is 2.09 bits per heavy atom. The summed E-state index contributed by atoms with van der Waals surface area (Å²) in [5.74, 6) is -0.671. The van der Waals surface area contributed by atoms with Crippen LogP contribution in [0.1, 0.15) is 27.6 Å². The standard InChI is InChI=1S/C17H16N2O3/c1-12(20)13-7-9-15(10-8-13)19-16(21)11-18-17(22)14-5-3-2-4-6-14/h2-10H,11H2,1H3,(H,18,22)(H,19,21). The molecule has 0 aromatic heterocycles. The Kier molecular flexibility index (Phi) is 5.03. The molecule has 112 valence electrons. The number of amides is 2. The van der Waals surface area contributed by atoms with E-state index < -0.39 is 0 Å². The van der Waals surface area contributed by atoms with Crippen molar-refractivity contribution in [1.82, 2.24) is 5.32 Å². The summed E-state index contributed by atoms with van der Waals surface area (Å²) in [5.41, 5.74) is 1.65. The molecule has 0 aliphatic carbocycles. The molecule has 22 heavy (non-hydrogen) atoms. The molecule has 5 heteroatoms. The number of ketones is 1. The monoisotopic (exact) mass is 296 g/mol. The molecule has 0 atom stereocenters. The molecule has 0 saturated carbocycles. The first-order chi connectivity index (χ1) is 10.6. The van der Waals surface area contributed by atoms with Crippen LogP contribution in [0.25, 0.3) is 0 Å². The minimum absolute atomic E-state index is 0.0343. The first-order valence-corrected chi connectivity index (χ1v) is 6.80. The van der Waals surface area contributed by atoms with Crippen LogP contribution >= 0.6 is 0 Å². The molecule has 0 bridgehead atoms. The SMILES string of the molecule is CC(=O)c1ccc(NC(=O)CNC(=O)c2ccccc2)cc1. The highest BCUT2D eigenvalue weighted by Crippen LogP contribution is 2.09. The lowest BCUT2D eigenvalue weighted by Gasteiger charge is -2.07. The first-order valence-electron chi connectivity index (χ1n) is 6.80. The van der Waals surface area contributed by atoms with Crippen molar-refractivity contribution in [2.45, 2.75) is 6.92 Å². The Morgan fingerprint density at radius 2 is 1.50 bits per heavy atom. The molecule has 2 amide bonds. The summed E-state index contributed by atoms with van der Waals surface area (Å²) < 4.78 is 0. The van der Waals surface area contributed by atoms with Crippen LogP contribution in [0.4, 0.5) is 5.69 Å². The molecule has 2 aromatic rings. The number of Topliss-reactive ketones (excluding diaryl/α,β-unsaturated/α-hetero) is 1. The van der Waals surface area contributed by atoms with Gasteiger partial charge in [0.05, 0.1) is 6.54 Å². The minimum Gasteiger partial charge on any atom is -0.343 e. The number of benzene rings is 2. The topological polar surface area (TPSA) is 75.3 Å². The van der Waals surface area contributed by atoms with Crippen LogP contribution in [0.5, 0.6) is 0 Å². The summed E-state index contributed by atoms with van der Waals surface area (Å²) in [6, 6.07) is 15.2. The van der Waals surface area contributed by atoms with E-state index in [1.165, 1.54) is 6.92 Å². The van der Waals surface area contributed by atoms with E-state index in [-0.39, 0.29) is 24.1 Å². The molecule has 0 spiro atoms. The summed E-state index contributed by atoms with van der Waals surface area (Å²) in [5, 5.41) is 5.19. The fourth-order valence-electron chi connectivity index (χ4n) is 1.85. The molecule has 0 saturated heterocycles. The van der Waals surface area contributed by atoms with Crippen LogP contribution in [0.2, 0.25) is 0 Å². The van der Waals surface area contributed by atoms with Crippen molar-refractivity contribution in [1.29, 1.82) is 0 Å². The van der Waals surface area contributed by atoms with Gasteiger partial charge < -0.3 is 10.6 Å². The summed E-state index contributed by atoms with van der Waals surface area (Å²) in [7, 11) is 0. The maximum absolute atomic E-state index is 11.8. The fourth-order valence-corrected chi connectivity index (χ4v) is 1.85. The molecule has 0 unspecified atom stereocenters. The predicted molar refractivity (Wildman–Crippen MR) is 83.9 cm³/mol. The largest absolute Gasteiger partial charge is 0.343 e. The lowest BCUT2D eigenvalue weighted by atomic mass is 10.1. The Hall–Kier alpha value is -2.95. The number of carbonyl (C=O) groups excluding carboxylic acids is 3. The number of nitrogens with one attached hydrogen (secondary N) is 2. The average Bonchev–Trinajstić information content (AvgIpc) is 2.54. The molecule has 0 radical (unpaired) electrons. The molecule has 0 fully saturated rings. The van der Waals surface area contributed by atoms with Gasteiger partial charge in [-0.3, -0.25) is 14.4 Å². The quantitative estimate of drug-likeness (QED) is 0.831. The van der Waals surface area contributed by atoms with E-state index in [1.807, 2.05) is 6.07 Å². The smallest absolute Gasteiger partial charge is 0.251 e. The van der Waals surface area contributed by atoms with E-state index in [9.17, 15) is 14.4 Å². The summed E-state index contributed by atoms with van der Waals surface area (Å²) in [4.78, 5) is 34.7. The van der Waals surface area contributed by atoms with E-state index in [1.54, 1.807) is 48.5 Å². The van der Waals surface area contributed by atoms with Crippen molar-refractivity contribution in [3.8, 4) is 0 Å². The van der Waals surface area contributed by atoms with Crippen LogP contribution in [0, 0.1) is 0 Å². The van der Waals surface area contributed by atoms with Gasteiger partial charge in [0, 0.05) is 16.8 Å². The third-order valence-electron chi connectivity index (χ3n) is 3.02. The van der Waals surface area contributed by atoms with Crippen LogP contribution in [-0.2, 0) is 4.79 Å². The van der Waals surface area contributed by atoms with Crippen molar-refractivity contribution < 1.29 is 14.4 Å². The fraction of sp³-hybridized carbons (Fsp3) is 0.118. The Labute approximate surface area is 128 Å². The number of rotatable bonds is 5. The molecule has 5 nitrogen and oxygen atoms in total. The Morgan fingerprint density at radius 1 is 0.864 bits per heavy atom. The van der Waals surface area contributed by atoms with Gasteiger partial charge in [-0.05, 0) is 43.3 Å². The molecule has 0 aliphatic rings. The third kappa shape index (κ3) is 4.28. The van der Waals surface area contributed by atoms with Crippen LogP contribution < -0.4 is 10.6 Å². The lowest BCUT2D eigenvalue weighted by molar-refractivity contribution is -0.115. The van der Waals surface area contributed by atoms with Crippen LogP contribution in [0.3, 0.4) is 0 Å². The summed E-state index contributed by atoms with van der Waals surface area (Å²) >= 11 is 0. The summed E-state index contributed by atoms with van der Waals surface area (Å²) in [6.07, 6.45) is 0. The van der Waals surface area contributed by atoms with Crippen LogP contribution in [-0.4, -0.2) is 24.1 Å². The minimum atomic E-state index is -0.333. The van der Waals surface area contributed by atoms with E-state index in [0.717, 1.165) is 0 Å². The molecule has 2 N–H and O–H groups in total. The number of carbonyl (C=O) groups is 3. The highest BCUT2D eigenvalue weighted by molar-refractivity contribution is 5.99. The predicted octanol–water partition coefficient (Wildman–Crippen LogP) is 2.26. The first kappa shape index (κ1) is 15.4. The second kappa shape index (κ2) is 7.17. The third-order valence-corrected chi connectivity index (χ3v) is 3.02. The van der Waals surface area contributed by atoms with E-state index in [2.05, 4.69) is 10.6 Å². The Balaban J connectivity index is 1.85. The van der Waals surface area contributed by atoms with Crippen molar-refractivity contribution in [2.75, 3.05) is 11.9 Å². The maximum Gasteiger partial charge on any atom is 0.251 e. The van der Waals surface area contributed by atoms with Gasteiger partial charge in [-0.1, -0.05) is 18.2 Å². The zero-order chi connectivity index (χ0) is 15.9. The van der Waals surface area contributed by atoms with Crippen molar-refractivity contribution >= 4 is 23.3 Å². The zero-order valence-corrected chi connectivity index (χ0v) is 12.1. The van der Waals surface area contributed by atoms with Gasteiger partial charge in [-0.15, -0.1) is 0 Å². The number of hydrogen-bond donors (Lipinski definition) is 2. The van der Waals surface area contributed by atoms with Gasteiger partial charge >= 0.3 is 0 Å². The van der Waals surface area contributed by atoms with E-state index in [4.69, 9.17) is 0 Å². The molecule has 0 aliphatic heterocycles. The highest BCUT2D eigenvalue weighted by Gasteiger charge is 2.08. The van der Waals surface area contributed by atoms with Gasteiger partial charge in [0.1, 0.15) is 0 Å². The molecule has 2 aromatic carbocycles. The van der Waals surface area contributed by atoms with Crippen molar-refractivity contribution in [3.63, 3.8) is 0 Å². The van der Waals surface area contributed by atoms with Crippen molar-refractivity contribution in [2.24, 2.45) is 0 Å². The van der Waals surface area contributed by atoms with E-state index >= 15 is 0 Å². The van der Waals surface area contributed by atoms with E-state index in [0.29, 0.717) is 16.8 Å². The zero-order valence-electron chi connectivity index (χ0n) is 12.1. The van der Waals surface area contributed by atoms with Gasteiger partial charge in [0.2, 0.25) is 5.91 Å². The highest BCUT2D eigenvalue weighted by atomic mass is 16.2. The van der Waals surface area contributed by atoms with Gasteiger partial charge in [-0.2, -0.15) is 0 Å². The van der Waals surface area contributed by atoms with Crippen molar-refractivity contribution in [3.05, 3.63) is 65.7 Å². The molecule has 0 heterocycles. The number of hydrogen-bond acceptors (Lipinski definition) is 3. The van der Waals surface area contributed by atoms with Gasteiger partial charge in [0.25, 0.3) is 5.91 Å². The van der Waals surface area contributed by atoms with Gasteiger partial charge in [-0.25, -0.2) is 0 Å². The molecule has 2 rings (SSSR count). The second-order valence-corrected chi connectivity index (χ2v) is 4.73. The normalized spacial score (nSPS) is 9.86. The average molecular weight is 296 g/mol. The van der Waals surface area contributed by atoms with Gasteiger partial charge in [0.15, 0.2) is 5.78 Å². The number of anilines is 1. The maximum atomic E-state index is 11.8. The lowest BCUT2D eigenvalue weighted by Crippen LogP contribution is -2.32. The Bertz CT molecular complexity index is 679. The van der Waals surface area contributed by atoms with Crippen LogP contribution in [0.15, 0.2) is 54.6 Å². The second-order valence-electron chi connectivity index (χ2n) is 4.73. The summed E-state index contributed by atoms with van der Waals surface area (Å²) in [6.45, 7) is 1.36. The molecular weight excluding hydrogens is 280 g/mol. The molecular formula is C17H16N2O3.